The maximum absolute atomic E-state index is 12.0. The second-order valence-electron chi connectivity index (χ2n) is 7.99. The molecule has 1 N–H and O–H groups in total. The van der Waals surface area contributed by atoms with Crippen LogP contribution in [0.1, 0.15) is 70.9 Å². The molecule has 2 aromatic rings. The molecule has 0 aromatic carbocycles. The first-order valence-electron chi connectivity index (χ1n) is 10.2. The first-order chi connectivity index (χ1) is 14.3. The molecule has 30 heavy (non-hydrogen) atoms. The number of ether oxygens (including phenoxy) is 1. The van der Waals surface area contributed by atoms with Crippen molar-refractivity contribution in [3.63, 3.8) is 0 Å². The first kappa shape index (κ1) is 24.4. The fourth-order valence-electron chi connectivity index (χ4n) is 2.59. The van der Waals surface area contributed by atoms with E-state index in [1.54, 1.807) is 24.2 Å². The molecule has 2 rings (SSSR count). The number of hydrogen-bond acceptors (Lipinski definition) is 8. The lowest BCUT2D eigenvalue weighted by atomic mass is 9.94. The maximum Gasteiger partial charge on any atom is 0.305 e. The molecule has 7 nitrogen and oxygen atoms in total. The Morgan fingerprint density at radius 3 is 2.53 bits per heavy atom. The predicted octanol–water partition coefficient (Wildman–Crippen LogP) is 5.22. The molecule has 0 unspecified atom stereocenters. The smallest absolute Gasteiger partial charge is 0.305 e. The molecular formula is C21H31N3O4S2. The molecule has 0 aliphatic carbocycles. The van der Waals surface area contributed by atoms with E-state index >= 15 is 0 Å². The number of nitrogens with one attached hydrogen (secondary N) is 1. The van der Waals surface area contributed by atoms with E-state index in [0.29, 0.717) is 18.0 Å². The normalized spacial score (nSPS) is 11.5. The fourth-order valence-corrected chi connectivity index (χ4v) is 4.48. The number of aryl methyl sites for hydroxylation is 1. The summed E-state index contributed by atoms with van der Waals surface area (Å²) in [5.74, 6) is 2.28. The van der Waals surface area contributed by atoms with Crippen molar-refractivity contribution in [1.82, 2.24) is 9.97 Å². The van der Waals surface area contributed by atoms with Crippen LogP contribution < -0.4 is 5.32 Å². The minimum Gasteiger partial charge on any atom is -0.469 e. The van der Waals surface area contributed by atoms with Crippen LogP contribution in [0, 0.1) is 0 Å². The van der Waals surface area contributed by atoms with Gasteiger partial charge in [-0.1, -0.05) is 44.9 Å². The maximum atomic E-state index is 12.0. The second-order valence-corrected chi connectivity index (χ2v) is 10.4. The average molecular weight is 454 g/mol. The molecule has 0 atom stereocenters. The summed E-state index contributed by atoms with van der Waals surface area (Å²) in [5, 5.41) is 3.48. The van der Waals surface area contributed by atoms with Crippen molar-refractivity contribution < 1.29 is 18.7 Å². The number of unbranched alkanes of at least 4 members (excludes halogenated alkanes) is 3. The summed E-state index contributed by atoms with van der Waals surface area (Å²) in [6, 6.07) is 0. The second kappa shape index (κ2) is 12.1. The number of carbonyl (C=O) groups excluding carboxylic acids is 2. The number of methoxy groups -OCH3 is 1. The number of anilines is 1. The SMILES string of the molecule is COC(=O)CCCCCCC(=O)Nc1ncc(SCCc2ncc(C(C)(C)C)o2)s1. The molecule has 0 saturated carbocycles. The molecular weight excluding hydrogens is 422 g/mol. The number of rotatable bonds is 12. The molecule has 2 heterocycles. The summed E-state index contributed by atoms with van der Waals surface area (Å²) in [6.07, 6.45) is 8.67. The third-order valence-corrected chi connectivity index (χ3v) is 6.46. The molecule has 0 aliphatic heterocycles. The highest BCUT2D eigenvalue weighted by Gasteiger charge is 2.19. The van der Waals surface area contributed by atoms with Gasteiger partial charge in [0.2, 0.25) is 5.91 Å². The molecule has 0 spiro atoms. The van der Waals surface area contributed by atoms with E-state index in [-0.39, 0.29) is 17.3 Å². The molecule has 2 aromatic heterocycles. The van der Waals surface area contributed by atoms with E-state index in [1.807, 2.05) is 0 Å². The monoisotopic (exact) mass is 453 g/mol. The van der Waals surface area contributed by atoms with Crippen LogP contribution in [0.25, 0.3) is 0 Å². The molecule has 0 fully saturated rings. The van der Waals surface area contributed by atoms with Gasteiger partial charge in [-0.3, -0.25) is 9.59 Å². The Morgan fingerprint density at radius 2 is 1.87 bits per heavy atom. The van der Waals surface area contributed by atoms with Crippen molar-refractivity contribution >= 4 is 40.1 Å². The van der Waals surface area contributed by atoms with Crippen LogP contribution in [0.4, 0.5) is 5.13 Å². The number of hydrogen-bond donors (Lipinski definition) is 1. The lowest BCUT2D eigenvalue weighted by Crippen LogP contribution is -2.10. The number of carbonyl (C=O) groups is 2. The van der Waals surface area contributed by atoms with E-state index in [2.05, 4.69) is 40.8 Å². The molecule has 0 radical (unpaired) electrons. The van der Waals surface area contributed by atoms with E-state index in [4.69, 9.17) is 4.42 Å². The Hall–Kier alpha value is -1.87. The van der Waals surface area contributed by atoms with Gasteiger partial charge < -0.3 is 14.5 Å². The molecule has 166 valence electrons. The van der Waals surface area contributed by atoms with Crippen LogP contribution in [0.3, 0.4) is 0 Å². The summed E-state index contributed by atoms with van der Waals surface area (Å²) in [7, 11) is 1.40. The Labute approximate surface area is 186 Å². The highest BCUT2D eigenvalue weighted by molar-refractivity contribution is 8.01. The number of thiazole rings is 1. The lowest BCUT2D eigenvalue weighted by molar-refractivity contribution is -0.140. The van der Waals surface area contributed by atoms with Crippen LogP contribution in [0.5, 0.6) is 0 Å². The number of amides is 1. The van der Waals surface area contributed by atoms with Gasteiger partial charge in [0.15, 0.2) is 11.0 Å². The Balaban J connectivity index is 1.62. The fraction of sp³-hybridized carbons (Fsp3) is 0.619. The van der Waals surface area contributed by atoms with Crippen molar-refractivity contribution in [2.24, 2.45) is 0 Å². The van der Waals surface area contributed by atoms with Gasteiger partial charge in [0.05, 0.1) is 23.7 Å². The van der Waals surface area contributed by atoms with Crippen molar-refractivity contribution in [1.29, 1.82) is 0 Å². The number of aromatic nitrogens is 2. The van der Waals surface area contributed by atoms with Gasteiger partial charge in [-0.15, -0.1) is 11.8 Å². The lowest BCUT2D eigenvalue weighted by Gasteiger charge is -2.13. The van der Waals surface area contributed by atoms with E-state index in [0.717, 1.165) is 53.7 Å². The Kier molecular flexibility index (Phi) is 9.84. The van der Waals surface area contributed by atoms with Crippen LogP contribution in [0.15, 0.2) is 21.0 Å². The summed E-state index contributed by atoms with van der Waals surface area (Å²) in [6.45, 7) is 6.30. The summed E-state index contributed by atoms with van der Waals surface area (Å²) in [4.78, 5) is 31.7. The highest BCUT2D eigenvalue weighted by Crippen LogP contribution is 2.29. The van der Waals surface area contributed by atoms with E-state index in [1.165, 1.54) is 18.4 Å². The molecule has 0 bridgehead atoms. The van der Waals surface area contributed by atoms with Crippen LogP contribution in [-0.4, -0.2) is 34.7 Å². The van der Waals surface area contributed by atoms with Gasteiger partial charge in [-0.05, 0) is 12.8 Å². The van der Waals surface area contributed by atoms with Crippen molar-refractivity contribution in [2.75, 3.05) is 18.2 Å². The van der Waals surface area contributed by atoms with Gasteiger partial charge in [-0.25, -0.2) is 9.97 Å². The highest BCUT2D eigenvalue weighted by atomic mass is 32.2. The van der Waals surface area contributed by atoms with Gasteiger partial charge in [0, 0.05) is 30.4 Å². The first-order valence-corrected chi connectivity index (χ1v) is 12.0. The summed E-state index contributed by atoms with van der Waals surface area (Å²) < 4.78 is 11.5. The number of oxazole rings is 1. The van der Waals surface area contributed by atoms with Gasteiger partial charge in [0.1, 0.15) is 5.76 Å². The van der Waals surface area contributed by atoms with Crippen LogP contribution >= 0.6 is 23.1 Å². The third kappa shape index (κ3) is 8.87. The van der Waals surface area contributed by atoms with Crippen molar-refractivity contribution in [3.05, 3.63) is 24.0 Å². The zero-order valence-electron chi connectivity index (χ0n) is 18.2. The number of thioether (sulfide) groups is 1. The van der Waals surface area contributed by atoms with E-state index < -0.39 is 0 Å². The number of esters is 1. The molecule has 0 saturated heterocycles. The molecule has 1 amide bonds. The zero-order valence-corrected chi connectivity index (χ0v) is 19.8. The van der Waals surface area contributed by atoms with Crippen LogP contribution in [0.2, 0.25) is 0 Å². The quantitative estimate of drug-likeness (QED) is 0.268. The topological polar surface area (TPSA) is 94.3 Å². The average Bonchev–Trinajstić information content (AvgIpc) is 3.34. The Morgan fingerprint density at radius 1 is 1.13 bits per heavy atom. The van der Waals surface area contributed by atoms with Crippen LogP contribution in [-0.2, 0) is 26.2 Å². The molecule has 9 heteroatoms. The van der Waals surface area contributed by atoms with Gasteiger partial charge >= 0.3 is 5.97 Å². The largest absolute Gasteiger partial charge is 0.469 e. The molecule has 0 aliphatic rings. The van der Waals surface area contributed by atoms with Gasteiger partial charge in [0.25, 0.3) is 0 Å². The van der Waals surface area contributed by atoms with Crippen molar-refractivity contribution in [2.45, 2.75) is 75.3 Å². The van der Waals surface area contributed by atoms with E-state index in [9.17, 15) is 9.59 Å². The third-order valence-electron chi connectivity index (χ3n) is 4.35. The van der Waals surface area contributed by atoms with Crippen molar-refractivity contribution in [3.8, 4) is 0 Å². The number of nitrogens with zero attached hydrogens (tertiary/aromatic N) is 2. The minimum absolute atomic E-state index is 0.0247. The van der Waals surface area contributed by atoms with Gasteiger partial charge in [-0.2, -0.15) is 0 Å². The minimum atomic E-state index is -0.180. The Bertz CT molecular complexity index is 811. The summed E-state index contributed by atoms with van der Waals surface area (Å²) >= 11 is 3.15. The summed E-state index contributed by atoms with van der Waals surface area (Å²) in [5.41, 5.74) is -0.0355. The standard InChI is InChI=1S/C21H31N3O4S2/c1-21(2,3)15-13-22-17(28-15)11-12-29-19-14-23-20(30-19)24-16(25)9-7-5-6-8-10-18(26)27-4/h13-14H,5-12H2,1-4H3,(H,23,24,25). The zero-order chi connectivity index (χ0) is 22.0. The predicted molar refractivity (Wildman–Crippen MR) is 120 cm³/mol.